The van der Waals surface area contributed by atoms with E-state index in [1.807, 2.05) is 0 Å². The van der Waals surface area contributed by atoms with E-state index in [1.54, 1.807) is 0 Å². The lowest BCUT2D eigenvalue weighted by atomic mass is 9.93. The molecule has 2 fully saturated rings. The van der Waals surface area contributed by atoms with Crippen molar-refractivity contribution in [2.75, 3.05) is 32.8 Å². The molecule has 1 aromatic rings. The molecular formula is C21H34N2O. The zero-order valence-corrected chi connectivity index (χ0v) is 15.1. The van der Waals surface area contributed by atoms with Crippen LogP contribution in [-0.4, -0.2) is 59.8 Å². The topological polar surface area (TPSA) is 26.7 Å². The zero-order chi connectivity index (χ0) is 16.6. The van der Waals surface area contributed by atoms with Gasteiger partial charge < -0.3 is 5.11 Å². The Kier molecular flexibility index (Phi) is 7.13. The minimum atomic E-state index is 0.318. The summed E-state index contributed by atoms with van der Waals surface area (Å²) in [6.07, 6.45) is 10.3. The molecule has 0 bridgehead atoms. The highest BCUT2D eigenvalue weighted by Crippen LogP contribution is 2.25. The van der Waals surface area contributed by atoms with E-state index in [0.717, 1.165) is 32.0 Å². The number of aryl methyl sites for hydroxylation is 1. The molecule has 0 spiro atoms. The molecule has 1 N–H and O–H groups in total. The smallest absolute Gasteiger partial charge is 0.0446 e. The van der Waals surface area contributed by atoms with Gasteiger partial charge in [-0.1, -0.05) is 49.6 Å². The average molecular weight is 331 g/mol. The summed E-state index contributed by atoms with van der Waals surface area (Å²) in [5.41, 5.74) is 1.44. The fourth-order valence-corrected chi connectivity index (χ4v) is 4.54. The predicted octanol–water partition coefficient (Wildman–Crippen LogP) is 3.32. The number of aliphatic hydroxyl groups is 1. The van der Waals surface area contributed by atoms with Crippen LogP contribution in [0.4, 0.5) is 0 Å². The van der Waals surface area contributed by atoms with Gasteiger partial charge in [0.1, 0.15) is 0 Å². The van der Waals surface area contributed by atoms with Gasteiger partial charge in [0.2, 0.25) is 0 Å². The molecule has 1 aliphatic heterocycles. The Morgan fingerprint density at radius 1 is 1.00 bits per heavy atom. The number of rotatable bonds is 7. The molecule has 1 saturated carbocycles. The number of piperazine rings is 1. The molecule has 1 saturated heterocycles. The van der Waals surface area contributed by atoms with Gasteiger partial charge in [0.15, 0.2) is 0 Å². The maximum Gasteiger partial charge on any atom is 0.0446 e. The quantitative estimate of drug-likeness (QED) is 0.831. The van der Waals surface area contributed by atoms with Crippen molar-refractivity contribution in [1.82, 2.24) is 9.80 Å². The van der Waals surface area contributed by atoms with E-state index in [2.05, 4.69) is 40.1 Å². The third-order valence-corrected chi connectivity index (χ3v) is 5.94. The molecule has 1 unspecified atom stereocenters. The highest BCUT2D eigenvalue weighted by Gasteiger charge is 2.30. The molecule has 0 radical (unpaired) electrons. The van der Waals surface area contributed by atoms with Gasteiger partial charge in [-0.2, -0.15) is 0 Å². The van der Waals surface area contributed by atoms with Gasteiger partial charge in [-0.15, -0.1) is 0 Å². The summed E-state index contributed by atoms with van der Waals surface area (Å²) in [5, 5.41) is 9.49. The summed E-state index contributed by atoms with van der Waals surface area (Å²) in [4.78, 5) is 5.37. The van der Waals surface area contributed by atoms with Crippen LogP contribution >= 0.6 is 0 Å². The summed E-state index contributed by atoms with van der Waals surface area (Å²) in [6, 6.07) is 12.2. The Balaban J connectivity index is 1.48. The van der Waals surface area contributed by atoms with Crippen LogP contribution in [0.15, 0.2) is 30.3 Å². The van der Waals surface area contributed by atoms with E-state index < -0.39 is 0 Å². The van der Waals surface area contributed by atoms with E-state index >= 15 is 0 Å². The number of nitrogens with zero attached hydrogens (tertiary/aromatic N) is 2. The van der Waals surface area contributed by atoms with Crippen LogP contribution in [0, 0.1) is 0 Å². The van der Waals surface area contributed by atoms with Crippen molar-refractivity contribution in [3.63, 3.8) is 0 Å². The number of aliphatic hydroxyl groups excluding tert-OH is 1. The summed E-state index contributed by atoms with van der Waals surface area (Å²) < 4.78 is 0. The van der Waals surface area contributed by atoms with Gasteiger partial charge in [0.05, 0.1) is 0 Å². The lowest BCUT2D eigenvalue weighted by Crippen LogP contribution is -2.56. The minimum absolute atomic E-state index is 0.318. The Morgan fingerprint density at radius 3 is 2.54 bits per heavy atom. The summed E-state index contributed by atoms with van der Waals surface area (Å²) >= 11 is 0. The average Bonchev–Trinajstić information content (AvgIpc) is 2.65. The largest absolute Gasteiger partial charge is 0.396 e. The van der Waals surface area contributed by atoms with Crippen molar-refractivity contribution in [2.45, 2.75) is 63.5 Å². The third-order valence-electron chi connectivity index (χ3n) is 5.94. The van der Waals surface area contributed by atoms with Gasteiger partial charge >= 0.3 is 0 Å². The maximum absolute atomic E-state index is 9.49. The van der Waals surface area contributed by atoms with E-state index in [-0.39, 0.29) is 0 Å². The maximum atomic E-state index is 9.49. The molecule has 1 aromatic carbocycles. The highest BCUT2D eigenvalue weighted by molar-refractivity contribution is 5.14. The molecule has 3 rings (SSSR count). The first-order valence-corrected chi connectivity index (χ1v) is 9.99. The predicted molar refractivity (Wildman–Crippen MR) is 100 cm³/mol. The van der Waals surface area contributed by atoms with Crippen LogP contribution in [0.5, 0.6) is 0 Å². The van der Waals surface area contributed by atoms with Gasteiger partial charge in [-0.25, -0.2) is 0 Å². The molecule has 134 valence electrons. The Hall–Kier alpha value is -0.900. The highest BCUT2D eigenvalue weighted by atomic mass is 16.3. The second kappa shape index (κ2) is 9.55. The molecule has 1 atom stereocenters. The summed E-state index contributed by atoms with van der Waals surface area (Å²) in [5.74, 6) is 0. The molecule has 0 aromatic heterocycles. The van der Waals surface area contributed by atoms with Crippen LogP contribution < -0.4 is 0 Å². The lowest BCUT2D eigenvalue weighted by Gasteiger charge is -2.45. The van der Waals surface area contributed by atoms with Crippen molar-refractivity contribution in [1.29, 1.82) is 0 Å². The van der Waals surface area contributed by atoms with Crippen molar-refractivity contribution in [3.05, 3.63) is 35.9 Å². The van der Waals surface area contributed by atoms with Crippen molar-refractivity contribution < 1.29 is 5.11 Å². The lowest BCUT2D eigenvalue weighted by molar-refractivity contribution is 0.0260. The standard InChI is InChI=1S/C21H34N2O/c24-17-13-21-18-23(20-11-5-2-6-12-20)16-15-22(21)14-7-10-19-8-3-1-4-9-19/h1,3-4,8-9,20-21,24H,2,5-7,10-18H2. The fraction of sp³-hybridized carbons (Fsp3) is 0.714. The second-order valence-corrected chi connectivity index (χ2v) is 7.58. The van der Waals surface area contributed by atoms with Crippen LogP contribution in [-0.2, 0) is 6.42 Å². The minimum Gasteiger partial charge on any atom is -0.396 e. The summed E-state index contributed by atoms with van der Waals surface area (Å²) in [7, 11) is 0. The van der Waals surface area contributed by atoms with E-state index in [0.29, 0.717) is 12.6 Å². The third kappa shape index (κ3) is 5.05. The second-order valence-electron chi connectivity index (χ2n) is 7.58. The van der Waals surface area contributed by atoms with Crippen molar-refractivity contribution in [2.24, 2.45) is 0 Å². The first-order chi connectivity index (χ1) is 11.9. The molecule has 3 nitrogen and oxygen atoms in total. The van der Waals surface area contributed by atoms with Crippen LogP contribution in [0.25, 0.3) is 0 Å². The first kappa shape index (κ1) is 17.9. The van der Waals surface area contributed by atoms with E-state index in [1.165, 1.54) is 57.2 Å². The summed E-state index contributed by atoms with van der Waals surface area (Å²) in [6.45, 7) is 5.04. The van der Waals surface area contributed by atoms with E-state index in [4.69, 9.17) is 0 Å². The Labute approximate surface area is 147 Å². The van der Waals surface area contributed by atoms with Crippen molar-refractivity contribution >= 4 is 0 Å². The molecule has 1 aliphatic carbocycles. The first-order valence-electron chi connectivity index (χ1n) is 9.99. The van der Waals surface area contributed by atoms with Crippen LogP contribution in [0.1, 0.15) is 50.5 Å². The molecule has 3 heteroatoms. The Bertz CT molecular complexity index is 458. The molecule has 2 aliphatic rings. The molecule has 1 heterocycles. The fourth-order valence-electron chi connectivity index (χ4n) is 4.54. The Morgan fingerprint density at radius 2 is 1.79 bits per heavy atom. The normalized spacial score (nSPS) is 24.3. The SMILES string of the molecule is OCCC1CN(C2CCCCC2)CCN1CCCc1ccccc1. The van der Waals surface area contributed by atoms with Gasteiger partial charge in [0.25, 0.3) is 0 Å². The number of benzene rings is 1. The van der Waals surface area contributed by atoms with Gasteiger partial charge in [0, 0.05) is 38.3 Å². The monoisotopic (exact) mass is 330 g/mol. The van der Waals surface area contributed by atoms with Crippen molar-refractivity contribution in [3.8, 4) is 0 Å². The van der Waals surface area contributed by atoms with E-state index in [9.17, 15) is 5.11 Å². The number of hydrogen-bond donors (Lipinski definition) is 1. The number of hydrogen-bond acceptors (Lipinski definition) is 3. The van der Waals surface area contributed by atoms with Crippen LogP contribution in [0.2, 0.25) is 0 Å². The van der Waals surface area contributed by atoms with Gasteiger partial charge in [-0.3, -0.25) is 9.80 Å². The molecular weight excluding hydrogens is 296 g/mol. The van der Waals surface area contributed by atoms with Gasteiger partial charge in [-0.05, 0) is 44.2 Å². The zero-order valence-electron chi connectivity index (χ0n) is 15.1. The molecule has 24 heavy (non-hydrogen) atoms. The van der Waals surface area contributed by atoms with Crippen LogP contribution in [0.3, 0.4) is 0 Å². The molecule has 0 amide bonds.